The van der Waals surface area contributed by atoms with Crippen molar-refractivity contribution >= 4 is 62.4 Å². The summed E-state index contributed by atoms with van der Waals surface area (Å²) >= 11 is 17.8. The molecule has 7 nitrogen and oxygen atoms in total. The number of carbonyl (C=O) groups excluding carboxylic acids is 2. The minimum absolute atomic E-state index is 0.0430. The summed E-state index contributed by atoms with van der Waals surface area (Å²) < 4.78 is 30.4. The van der Waals surface area contributed by atoms with E-state index in [4.69, 9.17) is 39.5 Å². The van der Waals surface area contributed by atoms with Gasteiger partial charge in [0.1, 0.15) is 4.90 Å². The second-order valence-electron chi connectivity index (χ2n) is 5.66. The first kappa shape index (κ1) is 22.4. The Hall–Kier alpha value is -1.84. The molecule has 1 N–H and O–H groups in total. The van der Waals surface area contributed by atoms with Gasteiger partial charge in [0.25, 0.3) is 5.91 Å². The Morgan fingerprint density at radius 3 is 2.39 bits per heavy atom. The van der Waals surface area contributed by atoms with Crippen molar-refractivity contribution in [3.05, 3.63) is 57.0 Å². The molecular weight excluding hydrogens is 451 g/mol. The molecule has 0 aliphatic heterocycles. The number of halogens is 3. The second kappa shape index (κ2) is 9.11. The van der Waals surface area contributed by atoms with Crippen molar-refractivity contribution in [1.29, 1.82) is 0 Å². The highest BCUT2D eigenvalue weighted by Gasteiger charge is 2.23. The third kappa shape index (κ3) is 5.15. The average molecular weight is 466 g/mol. The highest BCUT2D eigenvalue weighted by molar-refractivity contribution is 7.89. The number of anilines is 1. The van der Waals surface area contributed by atoms with E-state index in [2.05, 4.69) is 5.32 Å². The number of ether oxygens (including phenoxy) is 1. The normalized spacial score (nSPS) is 11.4. The SMILES string of the molecule is CN(C)S(=O)(=O)c1cc(C(=O)OCC(=O)Nc2cccc(Cl)c2Cl)ccc1Cl. The molecule has 1 amide bonds. The van der Waals surface area contributed by atoms with Gasteiger partial charge in [-0.2, -0.15) is 0 Å². The Morgan fingerprint density at radius 2 is 1.75 bits per heavy atom. The first-order valence-corrected chi connectivity index (χ1v) is 10.2. The number of carbonyl (C=O) groups is 2. The topological polar surface area (TPSA) is 92.8 Å². The lowest BCUT2D eigenvalue weighted by Gasteiger charge is -2.13. The van der Waals surface area contributed by atoms with Gasteiger partial charge in [-0.3, -0.25) is 4.79 Å². The van der Waals surface area contributed by atoms with E-state index >= 15 is 0 Å². The molecule has 0 aromatic heterocycles. The van der Waals surface area contributed by atoms with Crippen LogP contribution in [0.25, 0.3) is 0 Å². The van der Waals surface area contributed by atoms with Gasteiger partial charge in [-0.1, -0.05) is 40.9 Å². The molecule has 0 unspecified atom stereocenters. The zero-order chi connectivity index (χ0) is 21.1. The maximum Gasteiger partial charge on any atom is 0.338 e. The minimum atomic E-state index is -3.86. The number of amides is 1. The molecule has 2 rings (SSSR count). The van der Waals surface area contributed by atoms with E-state index in [1.807, 2.05) is 0 Å². The van der Waals surface area contributed by atoms with E-state index in [1.165, 1.54) is 32.3 Å². The quantitative estimate of drug-likeness (QED) is 0.657. The Kier molecular flexibility index (Phi) is 7.30. The van der Waals surface area contributed by atoms with Gasteiger partial charge in [-0.15, -0.1) is 0 Å². The van der Waals surface area contributed by atoms with Crippen molar-refractivity contribution in [2.45, 2.75) is 4.90 Å². The summed E-state index contributed by atoms with van der Waals surface area (Å²) in [7, 11) is -1.19. The summed E-state index contributed by atoms with van der Waals surface area (Å²) in [5.41, 5.74) is 0.194. The lowest BCUT2D eigenvalue weighted by Crippen LogP contribution is -2.23. The van der Waals surface area contributed by atoms with Crippen molar-refractivity contribution in [3.8, 4) is 0 Å². The molecule has 0 saturated carbocycles. The van der Waals surface area contributed by atoms with Crippen LogP contribution in [0.1, 0.15) is 10.4 Å². The summed E-state index contributed by atoms with van der Waals surface area (Å²) in [5.74, 6) is -1.54. The van der Waals surface area contributed by atoms with Gasteiger partial charge in [0, 0.05) is 14.1 Å². The van der Waals surface area contributed by atoms with Crippen molar-refractivity contribution < 1.29 is 22.7 Å². The Balaban J connectivity index is 2.09. The predicted octanol–water partition coefficient (Wildman–Crippen LogP) is 3.69. The van der Waals surface area contributed by atoms with E-state index < -0.39 is 28.5 Å². The molecule has 150 valence electrons. The lowest BCUT2D eigenvalue weighted by molar-refractivity contribution is -0.119. The highest BCUT2D eigenvalue weighted by atomic mass is 35.5. The van der Waals surface area contributed by atoms with E-state index in [9.17, 15) is 18.0 Å². The van der Waals surface area contributed by atoms with Gasteiger partial charge in [0.05, 0.1) is 26.3 Å². The van der Waals surface area contributed by atoms with Crippen LogP contribution in [0.4, 0.5) is 5.69 Å². The van der Waals surface area contributed by atoms with Crippen molar-refractivity contribution in [2.75, 3.05) is 26.0 Å². The first-order chi connectivity index (χ1) is 13.0. The van der Waals surface area contributed by atoms with Gasteiger partial charge < -0.3 is 10.1 Å². The number of sulfonamides is 1. The molecule has 0 aliphatic carbocycles. The van der Waals surface area contributed by atoms with Gasteiger partial charge in [0.15, 0.2) is 6.61 Å². The van der Waals surface area contributed by atoms with E-state index in [0.29, 0.717) is 0 Å². The van der Waals surface area contributed by atoms with E-state index in [1.54, 1.807) is 12.1 Å². The van der Waals surface area contributed by atoms with Crippen LogP contribution in [0, 0.1) is 0 Å². The molecule has 0 aliphatic rings. The van der Waals surface area contributed by atoms with Crippen LogP contribution in [0.3, 0.4) is 0 Å². The molecule has 28 heavy (non-hydrogen) atoms. The fourth-order valence-electron chi connectivity index (χ4n) is 2.03. The Morgan fingerprint density at radius 1 is 1.07 bits per heavy atom. The van der Waals surface area contributed by atoms with Crippen molar-refractivity contribution in [2.24, 2.45) is 0 Å². The summed E-state index contributed by atoms with van der Waals surface area (Å²) in [6.07, 6.45) is 0. The van der Waals surface area contributed by atoms with Crippen LogP contribution < -0.4 is 5.32 Å². The molecule has 11 heteroatoms. The number of esters is 1. The molecule has 0 spiro atoms. The Bertz CT molecular complexity index is 1030. The maximum absolute atomic E-state index is 12.3. The van der Waals surface area contributed by atoms with Crippen LogP contribution in [0.5, 0.6) is 0 Å². The third-order valence-electron chi connectivity index (χ3n) is 3.49. The summed E-state index contributed by atoms with van der Waals surface area (Å²) in [4.78, 5) is 23.9. The number of hydrogen-bond donors (Lipinski definition) is 1. The van der Waals surface area contributed by atoms with Gasteiger partial charge in [-0.25, -0.2) is 17.5 Å². The van der Waals surface area contributed by atoms with E-state index in [-0.39, 0.29) is 31.2 Å². The molecule has 2 aromatic rings. The summed E-state index contributed by atoms with van der Waals surface area (Å²) in [6.45, 7) is -0.611. The monoisotopic (exact) mass is 464 g/mol. The number of rotatable bonds is 6. The first-order valence-electron chi connectivity index (χ1n) is 7.67. The molecular formula is C17H15Cl3N2O5S. The van der Waals surface area contributed by atoms with Crippen LogP contribution in [-0.2, 0) is 19.6 Å². The standard InChI is InChI=1S/C17H15Cl3N2O5S/c1-22(2)28(25,26)14-8-10(6-7-11(14)18)17(24)27-9-15(23)21-13-5-3-4-12(19)16(13)20/h3-8H,9H2,1-2H3,(H,21,23). The second-order valence-corrected chi connectivity index (χ2v) is 8.97. The Labute approximate surface area is 177 Å². The van der Waals surface area contributed by atoms with Crippen LogP contribution in [-0.4, -0.2) is 45.3 Å². The van der Waals surface area contributed by atoms with Gasteiger partial charge >= 0.3 is 5.97 Å². The number of nitrogens with one attached hydrogen (secondary N) is 1. The minimum Gasteiger partial charge on any atom is -0.452 e. The molecule has 2 aromatic carbocycles. The van der Waals surface area contributed by atoms with Crippen LogP contribution in [0.15, 0.2) is 41.3 Å². The lowest BCUT2D eigenvalue weighted by atomic mass is 10.2. The molecule has 0 bridgehead atoms. The van der Waals surface area contributed by atoms with E-state index in [0.717, 1.165) is 10.4 Å². The van der Waals surface area contributed by atoms with Gasteiger partial charge in [0.2, 0.25) is 10.0 Å². The summed E-state index contributed by atoms with van der Waals surface area (Å²) in [5, 5.41) is 2.83. The molecule has 0 heterocycles. The summed E-state index contributed by atoms with van der Waals surface area (Å²) in [6, 6.07) is 8.33. The average Bonchev–Trinajstić information content (AvgIpc) is 2.63. The number of benzene rings is 2. The molecule has 0 fully saturated rings. The zero-order valence-corrected chi connectivity index (χ0v) is 17.8. The molecule has 0 radical (unpaired) electrons. The highest BCUT2D eigenvalue weighted by Crippen LogP contribution is 2.29. The van der Waals surface area contributed by atoms with Crippen molar-refractivity contribution in [1.82, 2.24) is 4.31 Å². The maximum atomic E-state index is 12.3. The zero-order valence-electron chi connectivity index (χ0n) is 14.7. The fraction of sp³-hybridized carbons (Fsp3) is 0.176. The molecule has 0 atom stereocenters. The smallest absolute Gasteiger partial charge is 0.338 e. The fourth-order valence-corrected chi connectivity index (χ4v) is 3.77. The van der Waals surface area contributed by atoms with Gasteiger partial charge in [-0.05, 0) is 30.3 Å². The third-order valence-corrected chi connectivity index (χ3v) is 6.60. The largest absolute Gasteiger partial charge is 0.452 e. The van der Waals surface area contributed by atoms with Crippen molar-refractivity contribution in [3.63, 3.8) is 0 Å². The number of hydrogen-bond acceptors (Lipinski definition) is 5. The number of nitrogens with zero attached hydrogens (tertiary/aromatic N) is 1. The predicted molar refractivity (Wildman–Crippen MR) is 108 cm³/mol. The molecule has 0 saturated heterocycles. The van der Waals surface area contributed by atoms with Crippen LogP contribution >= 0.6 is 34.8 Å². The van der Waals surface area contributed by atoms with Crippen LogP contribution in [0.2, 0.25) is 15.1 Å².